The molecule has 3 aliphatic rings. The molecule has 0 aromatic heterocycles. The highest BCUT2D eigenvalue weighted by Gasteiger charge is 2.43. The zero-order chi connectivity index (χ0) is 14.7. The SMILES string of the molecule is CCCN1CCN(C(=O)C2=NOC3(CCCNC3)C2)CC1. The molecule has 3 heterocycles. The van der Waals surface area contributed by atoms with Crippen molar-refractivity contribution in [3.8, 4) is 0 Å². The highest BCUT2D eigenvalue weighted by Crippen LogP contribution is 2.31. The third-order valence-corrected chi connectivity index (χ3v) is 4.72. The molecule has 2 fully saturated rings. The quantitative estimate of drug-likeness (QED) is 0.820. The van der Waals surface area contributed by atoms with Gasteiger partial charge in [0.1, 0.15) is 5.71 Å². The van der Waals surface area contributed by atoms with Crippen molar-refractivity contribution in [1.29, 1.82) is 0 Å². The summed E-state index contributed by atoms with van der Waals surface area (Å²) >= 11 is 0. The van der Waals surface area contributed by atoms with Gasteiger partial charge in [-0.1, -0.05) is 12.1 Å². The number of rotatable bonds is 3. The van der Waals surface area contributed by atoms with E-state index < -0.39 is 0 Å². The van der Waals surface area contributed by atoms with Gasteiger partial charge in [-0.15, -0.1) is 0 Å². The lowest BCUT2D eigenvalue weighted by atomic mass is 9.89. The van der Waals surface area contributed by atoms with Crippen molar-refractivity contribution in [2.24, 2.45) is 5.16 Å². The van der Waals surface area contributed by atoms with Crippen LogP contribution in [-0.2, 0) is 9.63 Å². The van der Waals surface area contributed by atoms with E-state index in [4.69, 9.17) is 4.84 Å². The van der Waals surface area contributed by atoms with E-state index in [0.29, 0.717) is 12.1 Å². The molecule has 2 saturated heterocycles. The Morgan fingerprint density at radius 2 is 2.19 bits per heavy atom. The minimum Gasteiger partial charge on any atom is -0.387 e. The molecule has 1 atom stereocenters. The van der Waals surface area contributed by atoms with Gasteiger partial charge in [-0.05, 0) is 32.4 Å². The second-order valence-electron chi connectivity index (χ2n) is 6.40. The predicted molar refractivity (Wildman–Crippen MR) is 81.3 cm³/mol. The average Bonchev–Trinajstić information content (AvgIpc) is 2.92. The summed E-state index contributed by atoms with van der Waals surface area (Å²) in [4.78, 5) is 22.6. The molecule has 0 saturated carbocycles. The normalized spacial score (nSPS) is 30.3. The Balaban J connectivity index is 1.52. The first-order valence-electron chi connectivity index (χ1n) is 8.20. The zero-order valence-electron chi connectivity index (χ0n) is 12.9. The van der Waals surface area contributed by atoms with E-state index in [9.17, 15) is 4.79 Å². The Labute approximate surface area is 126 Å². The maximum absolute atomic E-state index is 12.6. The largest absolute Gasteiger partial charge is 0.387 e. The Bertz CT molecular complexity index is 410. The van der Waals surface area contributed by atoms with Gasteiger partial charge in [0.05, 0.1) is 0 Å². The summed E-state index contributed by atoms with van der Waals surface area (Å²) in [5.41, 5.74) is 0.357. The minimum atomic E-state index is -0.257. The van der Waals surface area contributed by atoms with E-state index in [1.54, 1.807) is 0 Å². The molecule has 21 heavy (non-hydrogen) atoms. The van der Waals surface area contributed by atoms with Gasteiger partial charge >= 0.3 is 0 Å². The second-order valence-corrected chi connectivity index (χ2v) is 6.40. The number of nitrogens with zero attached hydrogens (tertiary/aromatic N) is 3. The van der Waals surface area contributed by atoms with Gasteiger partial charge in [0, 0.05) is 39.1 Å². The van der Waals surface area contributed by atoms with Gasteiger partial charge in [0.15, 0.2) is 5.60 Å². The smallest absolute Gasteiger partial charge is 0.271 e. The van der Waals surface area contributed by atoms with Gasteiger partial charge in [-0.25, -0.2) is 0 Å². The predicted octanol–water partition coefficient (Wildman–Crippen LogP) is 0.439. The van der Waals surface area contributed by atoms with Crippen LogP contribution in [0.15, 0.2) is 5.16 Å². The molecular weight excluding hydrogens is 268 g/mol. The fourth-order valence-electron chi connectivity index (χ4n) is 3.48. The molecular formula is C15H26N4O2. The topological polar surface area (TPSA) is 57.2 Å². The van der Waals surface area contributed by atoms with E-state index >= 15 is 0 Å². The van der Waals surface area contributed by atoms with E-state index in [0.717, 1.165) is 58.7 Å². The van der Waals surface area contributed by atoms with Crippen molar-refractivity contribution in [3.63, 3.8) is 0 Å². The molecule has 3 aliphatic heterocycles. The Morgan fingerprint density at radius 3 is 2.86 bits per heavy atom. The summed E-state index contributed by atoms with van der Waals surface area (Å²) in [6.45, 7) is 8.72. The Morgan fingerprint density at radius 1 is 1.38 bits per heavy atom. The number of piperidine rings is 1. The van der Waals surface area contributed by atoms with Gasteiger partial charge in [0.2, 0.25) is 0 Å². The molecule has 1 amide bonds. The van der Waals surface area contributed by atoms with E-state index in [1.807, 2.05) is 4.90 Å². The third kappa shape index (κ3) is 3.21. The highest BCUT2D eigenvalue weighted by molar-refractivity contribution is 6.39. The lowest BCUT2D eigenvalue weighted by Gasteiger charge is -2.34. The summed E-state index contributed by atoms with van der Waals surface area (Å²) in [6.07, 6.45) is 3.91. The summed E-state index contributed by atoms with van der Waals surface area (Å²) < 4.78 is 0. The molecule has 0 bridgehead atoms. The number of oxime groups is 1. The summed E-state index contributed by atoms with van der Waals surface area (Å²) in [7, 11) is 0. The molecule has 0 radical (unpaired) electrons. The van der Waals surface area contributed by atoms with Crippen molar-refractivity contribution >= 4 is 11.6 Å². The van der Waals surface area contributed by atoms with Crippen LogP contribution in [0.5, 0.6) is 0 Å². The molecule has 0 aliphatic carbocycles. The number of piperazine rings is 1. The van der Waals surface area contributed by atoms with E-state index in [-0.39, 0.29) is 11.5 Å². The van der Waals surface area contributed by atoms with Crippen LogP contribution >= 0.6 is 0 Å². The second kappa shape index (κ2) is 6.32. The minimum absolute atomic E-state index is 0.0774. The van der Waals surface area contributed by atoms with Gasteiger partial charge < -0.3 is 15.1 Å². The standard InChI is InChI=1S/C15H26N4O2/c1-2-6-18-7-9-19(10-8-18)14(20)13-11-15(21-17-13)4-3-5-16-12-15/h16H,2-12H2,1H3. The van der Waals surface area contributed by atoms with E-state index in [2.05, 4.69) is 22.3 Å². The van der Waals surface area contributed by atoms with Crippen molar-refractivity contribution in [3.05, 3.63) is 0 Å². The monoisotopic (exact) mass is 294 g/mol. The number of amides is 1. The van der Waals surface area contributed by atoms with Gasteiger partial charge in [-0.2, -0.15) is 0 Å². The van der Waals surface area contributed by atoms with Crippen LogP contribution in [0.3, 0.4) is 0 Å². The molecule has 0 aromatic rings. The number of carbonyl (C=O) groups is 1. The van der Waals surface area contributed by atoms with Crippen LogP contribution in [0.1, 0.15) is 32.6 Å². The third-order valence-electron chi connectivity index (χ3n) is 4.72. The molecule has 6 nitrogen and oxygen atoms in total. The fourth-order valence-corrected chi connectivity index (χ4v) is 3.48. The first-order valence-corrected chi connectivity index (χ1v) is 8.20. The van der Waals surface area contributed by atoms with Crippen molar-refractivity contribution in [1.82, 2.24) is 15.1 Å². The van der Waals surface area contributed by atoms with E-state index in [1.165, 1.54) is 6.42 Å². The molecule has 3 rings (SSSR count). The maximum Gasteiger partial charge on any atom is 0.271 e. The van der Waals surface area contributed by atoms with Gasteiger partial charge in [0.25, 0.3) is 5.91 Å². The maximum atomic E-state index is 12.6. The van der Waals surface area contributed by atoms with Crippen molar-refractivity contribution < 1.29 is 9.63 Å². The molecule has 1 N–H and O–H groups in total. The molecule has 118 valence electrons. The summed E-state index contributed by atoms with van der Waals surface area (Å²) in [6, 6.07) is 0. The molecule has 0 aromatic carbocycles. The molecule has 1 spiro atoms. The fraction of sp³-hybridized carbons (Fsp3) is 0.867. The number of nitrogens with one attached hydrogen (secondary N) is 1. The summed E-state index contributed by atoms with van der Waals surface area (Å²) in [5.74, 6) is 0.0774. The highest BCUT2D eigenvalue weighted by atomic mass is 16.7. The van der Waals surface area contributed by atoms with Gasteiger partial charge in [-0.3, -0.25) is 9.69 Å². The van der Waals surface area contributed by atoms with Crippen LogP contribution in [0.2, 0.25) is 0 Å². The van der Waals surface area contributed by atoms with Crippen LogP contribution in [0.4, 0.5) is 0 Å². The number of carbonyl (C=O) groups excluding carboxylic acids is 1. The van der Waals surface area contributed by atoms with Crippen LogP contribution < -0.4 is 5.32 Å². The first kappa shape index (κ1) is 14.8. The zero-order valence-corrected chi connectivity index (χ0v) is 12.9. The number of hydrogen-bond donors (Lipinski definition) is 1. The lowest BCUT2D eigenvalue weighted by Crippen LogP contribution is -2.51. The van der Waals surface area contributed by atoms with Crippen molar-refractivity contribution in [2.75, 3.05) is 45.8 Å². The summed E-state index contributed by atoms with van der Waals surface area (Å²) in [5, 5.41) is 7.46. The number of hydrogen-bond acceptors (Lipinski definition) is 5. The Kier molecular flexibility index (Phi) is 4.45. The lowest BCUT2D eigenvalue weighted by molar-refractivity contribution is -0.125. The average molecular weight is 294 g/mol. The van der Waals surface area contributed by atoms with Crippen LogP contribution in [-0.4, -0.2) is 72.8 Å². The Hall–Kier alpha value is -1.14. The van der Waals surface area contributed by atoms with Crippen LogP contribution in [0.25, 0.3) is 0 Å². The van der Waals surface area contributed by atoms with Crippen molar-refractivity contribution in [2.45, 2.75) is 38.2 Å². The molecule has 1 unspecified atom stereocenters. The van der Waals surface area contributed by atoms with Crippen LogP contribution in [0, 0.1) is 0 Å². The first-order chi connectivity index (χ1) is 10.2. The molecule has 6 heteroatoms.